The lowest BCUT2D eigenvalue weighted by atomic mass is 9.95. The number of carbonyl (C=O) groups excluding carboxylic acids is 1. The number of hydrogen-bond acceptors (Lipinski definition) is 2. The maximum atomic E-state index is 11.9. The molecular formula is C15H23N3O. The predicted molar refractivity (Wildman–Crippen MR) is 76.7 cm³/mol. The average Bonchev–Trinajstić information content (AvgIpc) is 2.62. The van der Waals surface area contributed by atoms with E-state index in [1.165, 1.54) is 19.3 Å². The summed E-state index contributed by atoms with van der Waals surface area (Å²) in [6.07, 6.45) is 9.50. The second-order valence-electron chi connectivity index (χ2n) is 5.38. The van der Waals surface area contributed by atoms with Crippen LogP contribution >= 0.6 is 0 Å². The molecule has 1 aliphatic rings. The van der Waals surface area contributed by atoms with Crippen molar-refractivity contribution >= 4 is 12.0 Å². The van der Waals surface area contributed by atoms with Crippen molar-refractivity contribution in [3.63, 3.8) is 0 Å². The molecule has 4 heteroatoms. The highest BCUT2D eigenvalue weighted by atomic mass is 16.1. The van der Waals surface area contributed by atoms with Crippen molar-refractivity contribution in [3.05, 3.63) is 23.0 Å². The average molecular weight is 261 g/mol. The van der Waals surface area contributed by atoms with Crippen LogP contribution in [0.2, 0.25) is 0 Å². The number of carbonyl (C=O) groups is 1. The predicted octanol–water partition coefficient (Wildman–Crippen LogP) is 2.50. The Morgan fingerprint density at radius 3 is 2.58 bits per heavy atom. The minimum Gasteiger partial charge on any atom is -0.350 e. The highest BCUT2D eigenvalue weighted by molar-refractivity contribution is 5.92. The lowest BCUT2D eigenvalue weighted by Crippen LogP contribution is -2.34. The van der Waals surface area contributed by atoms with Crippen LogP contribution in [0.4, 0.5) is 0 Å². The topological polar surface area (TPSA) is 46.9 Å². The molecule has 0 spiro atoms. The summed E-state index contributed by atoms with van der Waals surface area (Å²) in [6, 6.07) is 0.363. The minimum absolute atomic E-state index is 0.00885. The number of aromatic nitrogens is 2. The summed E-state index contributed by atoms with van der Waals surface area (Å²) in [5.41, 5.74) is 3.09. The summed E-state index contributed by atoms with van der Waals surface area (Å²) >= 11 is 0. The van der Waals surface area contributed by atoms with Gasteiger partial charge in [0, 0.05) is 30.4 Å². The van der Waals surface area contributed by atoms with E-state index in [4.69, 9.17) is 0 Å². The Bertz CT molecular complexity index is 482. The standard InChI is InChI=1S/C15H23N3O/c1-11-14(12(2)18(3)17-11)9-10-15(19)16-13-7-5-4-6-8-13/h9-10,13H,4-8H2,1-3H3,(H,16,19). The summed E-state index contributed by atoms with van der Waals surface area (Å²) in [7, 11) is 1.92. The van der Waals surface area contributed by atoms with E-state index in [0.29, 0.717) is 6.04 Å². The van der Waals surface area contributed by atoms with E-state index < -0.39 is 0 Å². The molecule has 1 fully saturated rings. The van der Waals surface area contributed by atoms with Gasteiger partial charge in [0.2, 0.25) is 5.91 Å². The zero-order chi connectivity index (χ0) is 13.8. The molecule has 19 heavy (non-hydrogen) atoms. The van der Waals surface area contributed by atoms with Gasteiger partial charge in [0.25, 0.3) is 0 Å². The van der Waals surface area contributed by atoms with Gasteiger partial charge in [-0.25, -0.2) is 0 Å². The maximum Gasteiger partial charge on any atom is 0.244 e. The summed E-state index contributed by atoms with van der Waals surface area (Å²) < 4.78 is 1.84. The lowest BCUT2D eigenvalue weighted by molar-refractivity contribution is -0.117. The quantitative estimate of drug-likeness (QED) is 0.850. The van der Waals surface area contributed by atoms with E-state index in [-0.39, 0.29) is 5.91 Å². The van der Waals surface area contributed by atoms with Gasteiger partial charge in [-0.15, -0.1) is 0 Å². The third-order valence-electron chi connectivity index (χ3n) is 3.92. The smallest absolute Gasteiger partial charge is 0.244 e. The van der Waals surface area contributed by atoms with E-state index in [0.717, 1.165) is 29.8 Å². The summed E-state index contributed by atoms with van der Waals surface area (Å²) in [5, 5.41) is 7.42. The molecule has 2 rings (SSSR count). The van der Waals surface area contributed by atoms with Crippen LogP contribution in [0.1, 0.15) is 49.1 Å². The highest BCUT2D eigenvalue weighted by Crippen LogP contribution is 2.17. The molecule has 104 valence electrons. The third-order valence-corrected chi connectivity index (χ3v) is 3.92. The first-order valence-electron chi connectivity index (χ1n) is 7.06. The third kappa shape index (κ3) is 3.46. The largest absolute Gasteiger partial charge is 0.350 e. The number of aryl methyl sites for hydroxylation is 2. The Hall–Kier alpha value is -1.58. The fourth-order valence-corrected chi connectivity index (χ4v) is 2.69. The number of amides is 1. The van der Waals surface area contributed by atoms with Crippen LogP contribution < -0.4 is 5.32 Å². The molecule has 0 unspecified atom stereocenters. The molecule has 4 nitrogen and oxygen atoms in total. The van der Waals surface area contributed by atoms with Gasteiger partial charge in [-0.2, -0.15) is 5.10 Å². The maximum absolute atomic E-state index is 11.9. The molecular weight excluding hydrogens is 238 g/mol. The van der Waals surface area contributed by atoms with Gasteiger partial charge in [0.1, 0.15) is 0 Å². The molecule has 0 aromatic carbocycles. The lowest BCUT2D eigenvalue weighted by Gasteiger charge is -2.21. The van der Waals surface area contributed by atoms with Gasteiger partial charge in [0.15, 0.2) is 0 Å². The first kappa shape index (κ1) is 13.8. The Labute approximate surface area is 114 Å². The van der Waals surface area contributed by atoms with Crippen LogP contribution in [0.5, 0.6) is 0 Å². The van der Waals surface area contributed by atoms with Crippen LogP contribution in [0.3, 0.4) is 0 Å². The van der Waals surface area contributed by atoms with Crippen LogP contribution in [0.25, 0.3) is 6.08 Å². The summed E-state index contributed by atoms with van der Waals surface area (Å²) in [5.74, 6) is 0.00885. The van der Waals surface area contributed by atoms with E-state index in [2.05, 4.69) is 10.4 Å². The van der Waals surface area contributed by atoms with Crippen LogP contribution in [-0.2, 0) is 11.8 Å². The molecule has 1 amide bonds. The Kier molecular flexibility index (Phi) is 4.40. The molecule has 1 aromatic heterocycles. The van der Waals surface area contributed by atoms with Crippen LogP contribution in [-0.4, -0.2) is 21.7 Å². The minimum atomic E-state index is 0.00885. The Balaban J connectivity index is 1.95. The summed E-state index contributed by atoms with van der Waals surface area (Å²) in [6.45, 7) is 3.98. The second kappa shape index (κ2) is 6.04. The first-order valence-corrected chi connectivity index (χ1v) is 7.06. The van der Waals surface area contributed by atoms with E-state index in [1.807, 2.05) is 31.7 Å². The Morgan fingerprint density at radius 2 is 2.00 bits per heavy atom. The van der Waals surface area contributed by atoms with Crippen LogP contribution in [0.15, 0.2) is 6.08 Å². The molecule has 0 aliphatic heterocycles. The number of nitrogens with zero attached hydrogens (tertiary/aromatic N) is 2. The molecule has 1 aromatic rings. The van der Waals surface area contributed by atoms with Gasteiger partial charge >= 0.3 is 0 Å². The molecule has 1 saturated carbocycles. The van der Waals surface area contributed by atoms with Crippen molar-refractivity contribution in [2.24, 2.45) is 7.05 Å². The fourth-order valence-electron chi connectivity index (χ4n) is 2.69. The van der Waals surface area contributed by atoms with E-state index >= 15 is 0 Å². The van der Waals surface area contributed by atoms with Gasteiger partial charge in [-0.1, -0.05) is 19.3 Å². The number of nitrogens with one attached hydrogen (secondary N) is 1. The monoisotopic (exact) mass is 261 g/mol. The van der Waals surface area contributed by atoms with Crippen molar-refractivity contribution in [3.8, 4) is 0 Å². The van der Waals surface area contributed by atoms with E-state index in [1.54, 1.807) is 6.08 Å². The zero-order valence-corrected chi connectivity index (χ0v) is 12.1. The Morgan fingerprint density at radius 1 is 1.32 bits per heavy atom. The van der Waals surface area contributed by atoms with E-state index in [9.17, 15) is 4.79 Å². The van der Waals surface area contributed by atoms with Gasteiger partial charge < -0.3 is 5.32 Å². The normalized spacial score (nSPS) is 17.0. The highest BCUT2D eigenvalue weighted by Gasteiger charge is 2.14. The zero-order valence-electron chi connectivity index (χ0n) is 12.1. The second-order valence-corrected chi connectivity index (χ2v) is 5.38. The molecule has 0 radical (unpaired) electrons. The van der Waals surface area contributed by atoms with Crippen molar-refractivity contribution in [1.82, 2.24) is 15.1 Å². The van der Waals surface area contributed by atoms with Crippen LogP contribution in [0, 0.1) is 13.8 Å². The molecule has 1 heterocycles. The first-order chi connectivity index (χ1) is 9.08. The fraction of sp³-hybridized carbons (Fsp3) is 0.600. The van der Waals surface area contributed by atoms with Gasteiger partial charge in [-0.3, -0.25) is 9.48 Å². The number of hydrogen-bond donors (Lipinski definition) is 1. The molecule has 1 N–H and O–H groups in total. The molecule has 0 atom stereocenters. The number of rotatable bonds is 3. The molecule has 0 saturated heterocycles. The molecule has 1 aliphatic carbocycles. The van der Waals surface area contributed by atoms with Crippen molar-refractivity contribution in [1.29, 1.82) is 0 Å². The van der Waals surface area contributed by atoms with Crippen molar-refractivity contribution in [2.75, 3.05) is 0 Å². The summed E-state index contributed by atoms with van der Waals surface area (Å²) in [4.78, 5) is 11.9. The molecule has 0 bridgehead atoms. The van der Waals surface area contributed by atoms with Crippen molar-refractivity contribution in [2.45, 2.75) is 52.0 Å². The van der Waals surface area contributed by atoms with Gasteiger partial charge in [0.05, 0.1) is 5.69 Å². The van der Waals surface area contributed by atoms with Crippen molar-refractivity contribution < 1.29 is 4.79 Å². The SMILES string of the molecule is Cc1nn(C)c(C)c1C=CC(=O)NC1CCCCC1. The van der Waals surface area contributed by atoms with Gasteiger partial charge in [-0.05, 0) is 32.8 Å².